The van der Waals surface area contributed by atoms with Crippen molar-refractivity contribution < 1.29 is 28.6 Å². The molecule has 2 aliphatic carbocycles. The SMILES string of the molecule is CCC(C)(C)C(=O)OC1C2CC3C(=O)OC1C3C2.CCC(C)c1ccc(C(=O)OC(C)(C)C)cc1. The summed E-state index contributed by atoms with van der Waals surface area (Å²) < 4.78 is 16.4. The highest BCUT2D eigenvalue weighted by atomic mass is 16.6. The number of hydrogen-bond acceptors (Lipinski definition) is 6. The van der Waals surface area contributed by atoms with Crippen LogP contribution in [0.2, 0.25) is 0 Å². The highest BCUT2D eigenvalue weighted by Crippen LogP contribution is 2.55. The molecule has 35 heavy (non-hydrogen) atoms. The van der Waals surface area contributed by atoms with Crippen LogP contribution in [0.5, 0.6) is 0 Å². The Hall–Kier alpha value is -2.37. The Morgan fingerprint density at radius 2 is 1.69 bits per heavy atom. The summed E-state index contributed by atoms with van der Waals surface area (Å²) in [4.78, 5) is 35.5. The Morgan fingerprint density at radius 1 is 1.06 bits per heavy atom. The zero-order valence-corrected chi connectivity index (χ0v) is 22.6. The van der Waals surface area contributed by atoms with Crippen LogP contribution >= 0.6 is 0 Å². The van der Waals surface area contributed by atoms with Gasteiger partial charge in [-0.3, -0.25) is 9.59 Å². The van der Waals surface area contributed by atoms with Crippen LogP contribution in [0.3, 0.4) is 0 Å². The van der Waals surface area contributed by atoms with Crippen molar-refractivity contribution in [3.05, 3.63) is 35.4 Å². The van der Waals surface area contributed by atoms with Gasteiger partial charge < -0.3 is 14.2 Å². The molecule has 6 atom stereocenters. The van der Waals surface area contributed by atoms with Crippen molar-refractivity contribution >= 4 is 17.9 Å². The van der Waals surface area contributed by atoms with E-state index < -0.39 is 11.0 Å². The standard InChI is InChI=1S/C15H22O2.C14H20O4/c1-6-11(2)12-7-9-13(10-8-12)14(16)17-15(3,4)5;1-4-14(2,3)13(16)18-10-7-5-8-9(6-7)12(15)17-11(8)10/h7-11H,6H2,1-5H3;7-11H,4-6H2,1-3H3. The molecule has 6 heteroatoms. The summed E-state index contributed by atoms with van der Waals surface area (Å²) >= 11 is 0. The molecule has 4 rings (SSSR count). The van der Waals surface area contributed by atoms with Gasteiger partial charge in [-0.15, -0.1) is 0 Å². The predicted octanol–water partition coefficient (Wildman–Crippen LogP) is 6.07. The van der Waals surface area contributed by atoms with Gasteiger partial charge in [-0.2, -0.15) is 0 Å². The molecule has 1 aliphatic heterocycles. The van der Waals surface area contributed by atoms with E-state index in [1.54, 1.807) is 0 Å². The lowest BCUT2D eigenvalue weighted by atomic mass is 9.87. The van der Waals surface area contributed by atoms with Crippen LogP contribution in [0.25, 0.3) is 0 Å². The Morgan fingerprint density at radius 3 is 2.23 bits per heavy atom. The largest absolute Gasteiger partial charge is 0.458 e. The predicted molar refractivity (Wildman–Crippen MR) is 134 cm³/mol. The van der Waals surface area contributed by atoms with Crippen LogP contribution < -0.4 is 0 Å². The second-order valence-electron chi connectivity index (χ2n) is 11.9. The van der Waals surface area contributed by atoms with Crippen LogP contribution in [-0.2, 0) is 23.8 Å². The van der Waals surface area contributed by atoms with Gasteiger partial charge in [0, 0.05) is 11.8 Å². The number of hydrogen-bond donors (Lipinski definition) is 0. The molecule has 0 aromatic heterocycles. The summed E-state index contributed by atoms with van der Waals surface area (Å²) in [6.45, 7) is 15.7. The third kappa shape index (κ3) is 6.07. The average molecular weight is 487 g/mol. The Bertz CT molecular complexity index is 925. The number of rotatable bonds is 6. The van der Waals surface area contributed by atoms with Gasteiger partial charge in [0.05, 0.1) is 16.9 Å². The minimum atomic E-state index is -0.455. The van der Waals surface area contributed by atoms with Gasteiger partial charge in [0.2, 0.25) is 0 Å². The maximum Gasteiger partial charge on any atom is 0.338 e. The van der Waals surface area contributed by atoms with Crippen molar-refractivity contribution in [2.24, 2.45) is 23.2 Å². The van der Waals surface area contributed by atoms with Gasteiger partial charge in [-0.05, 0) is 83.9 Å². The number of carbonyl (C=O) groups is 3. The number of esters is 3. The lowest BCUT2D eigenvalue weighted by Gasteiger charge is -2.29. The van der Waals surface area contributed by atoms with Gasteiger partial charge in [0.1, 0.15) is 17.8 Å². The summed E-state index contributed by atoms with van der Waals surface area (Å²) in [6, 6.07) is 7.70. The van der Waals surface area contributed by atoms with E-state index in [1.807, 2.05) is 65.8 Å². The lowest BCUT2D eigenvalue weighted by Crippen LogP contribution is -2.39. The molecule has 1 aromatic rings. The monoisotopic (exact) mass is 486 g/mol. The fraction of sp³-hybridized carbons (Fsp3) is 0.690. The first kappa shape index (κ1) is 27.2. The first-order valence-electron chi connectivity index (χ1n) is 13.0. The van der Waals surface area contributed by atoms with Crippen molar-refractivity contribution in [3.63, 3.8) is 0 Å². The first-order valence-corrected chi connectivity index (χ1v) is 13.0. The fourth-order valence-corrected chi connectivity index (χ4v) is 5.01. The highest BCUT2D eigenvalue weighted by Gasteiger charge is 2.63. The molecule has 6 unspecified atom stereocenters. The smallest absolute Gasteiger partial charge is 0.338 e. The van der Waals surface area contributed by atoms with Crippen molar-refractivity contribution in [1.29, 1.82) is 0 Å². The molecule has 0 N–H and O–H groups in total. The number of carbonyl (C=O) groups excluding carboxylic acids is 3. The van der Waals surface area contributed by atoms with E-state index in [2.05, 4.69) is 13.8 Å². The summed E-state index contributed by atoms with van der Waals surface area (Å²) in [5.41, 5.74) is 0.989. The molecule has 1 saturated heterocycles. The van der Waals surface area contributed by atoms with Crippen molar-refractivity contribution in [2.45, 2.75) is 105 Å². The molecule has 0 radical (unpaired) electrons. The van der Waals surface area contributed by atoms with Crippen molar-refractivity contribution in [2.75, 3.05) is 0 Å². The number of benzene rings is 1. The minimum Gasteiger partial charge on any atom is -0.458 e. The Balaban J connectivity index is 0.000000196. The molecule has 1 aromatic carbocycles. The van der Waals surface area contributed by atoms with Crippen molar-refractivity contribution in [3.8, 4) is 0 Å². The lowest BCUT2D eigenvalue weighted by molar-refractivity contribution is -0.170. The maximum atomic E-state index is 12.1. The molecule has 2 saturated carbocycles. The van der Waals surface area contributed by atoms with E-state index in [4.69, 9.17) is 14.2 Å². The van der Waals surface area contributed by atoms with Crippen LogP contribution in [-0.4, -0.2) is 35.7 Å². The van der Waals surface area contributed by atoms with Crippen LogP contribution in [0.4, 0.5) is 0 Å². The van der Waals surface area contributed by atoms with E-state index in [1.165, 1.54) is 5.56 Å². The zero-order valence-electron chi connectivity index (χ0n) is 22.6. The van der Waals surface area contributed by atoms with E-state index in [-0.39, 0.29) is 36.0 Å². The normalized spacial score (nSPS) is 27.5. The highest BCUT2D eigenvalue weighted by molar-refractivity contribution is 5.89. The van der Waals surface area contributed by atoms with Crippen LogP contribution in [0, 0.1) is 23.2 Å². The maximum absolute atomic E-state index is 12.1. The summed E-state index contributed by atoms with van der Waals surface area (Å²) in [7, 11) is 0. The first-order chi connectivity index (χ1) is 16.3. The molecular weight excluding hydrogens is 444 g/mol. The summed E-state index contributed by atoms with van der Waals surface area (Å²) in [6.07, 6.45) is 3.30. The van der Waals surface area contributed by atoms with Gasteiger partial charge in [-0.1, -0.05) is 32.9 Å². The van der Waals surface area contributed by atoms with E-state index in [0.717, 1.165) is 25.7 Å². The molecule has 1 heterocycles. The molecule has 6 nitrogen and oxygen atoms in total. The second kappa shape index (κ2) is 10.3. The third-order valence-electron chi connectivity index (χ3n) is 7.82. The minimum absolute atomic E-state index is 0.0779. The second-order valence-corrected chi connectivity index (χ2v) is 11.9. The van der Waals surface area contributed by atoms with Gasteiger partial charge in [0.25, 0.3) is 0 Å². The van der Waals surface area contributed by atoms with Crippen LogP contribution in [0.15, 0.2) is 24.3 Å². The average Bonchev–Trinajstić information content (AvgIpc) is 3.43. The fourth-order valence-electron chi connectivity index (χ4n) is 5.01. The topological polar surface area (TPSA) is 78.9 Å². The molecule has 3 fully saturated rings. The Kier molecular flexibility index (Phi) is 8.02. The molecule has 0 amide bonds. The van der Waals surface area contributed by atoms with E-state index in [0.29, 0.717) is 23.3 Å². The zero-order chi connectivity index (χ0) is 26.1. The molecule has 194 valence electrons. The van der Waals surface area contributed by atoms with Gasteiger partial charge >= 0.3 is 17.9 Å². The molecular formula is C29H42O6. The number of fused-ring (bicyclic) bond motifs is 1. The third-order valence-corrected chi connectivity index (χ3v) is 7.82. The number of ether oxygens (including phenoxy) is 3. The molecule has 2 bridgehead atoms. The van der Waals surface area contributed by atoms with Crippen molar-refractivity contribution in [1.82, 2.24) is 0 Å². The summed E-state index contributed by atoms with van der Waals surface area (Å²) in [5, 5.41) is 0. The van der Waals surface area contributed by atoms with E-state index >= 15 is 0 Å². The van der Waals surface area contributed by atoms with Gasteiger partial charge in [0.15, 0.2) is 0 Å². The quantitative estimate of drug-likeness (QED) is 0.359. The Labute approximate surface area is 210 Å². The summed E-state index contributed by atoms with van der Waals surface area (Å²) in [5.74, 6) is 0.728. The van der Waals surface area contributed by atoms with E-state index in [9.17, 15) is 14.4 Å². The van der Waals surface area contributed by atoms with Gasteiger partial charge in [-0.25, -0.2) is 4.79 Å². The molecule has 0 spiro atoms. The van der Waals surface area contributed by atoms with Crippen LogP contribution in [0.1, 0.15) is 103 Å². The molecule has 3 aliphatic rings.